The van der Waals surface area contributed by atoms with Crippen molar-refractivity contribution in [3.63, 3.8) is 0 Å². The van der Waals surface area contributed by atoms with Crippen LogP contribution in [-0.4, -0.2) is 24.0 Å². The van der Waals surface area contributed by atoms with Gasteiger partial charge in [0, 0.05) is 11.1 Å². The number of aliphatic imine (C=N–C) groups is 1. The molecule has 212 valence electrons. The van der Waals surface area contributed by atoms with Gasteiger partial charge in [0.05, 0.1) is 16.4 Å². The summed E-state index contributed by atoms with van der Waals surface area (Å²) in [5.74, 6) is -0.145. The van der Waals surface area contributed by atoms with Crippen LogP contribution in [0, 0.1) is 0 Å². The lowest BCUT2D eigenvalue weighted by Gasteiger charge is -2.14. The third kappa shape index (κ3) is 11.0. The van der Waals surface area contributed by atoms with E-state index in [1.54, 1.807) is 11.8 Å². The van der Waals surface area contributed by atoms with Crippen molar-refractivity contribution in [2.75, 3.05) is 18.4 Å². The normalized spacial score (nSPS) is 12.0. The van der Waals surface area contributed by atoms with Crippen LogP contribution in [0.25, 0.3) is 16.8 Å². The van der Waals surface area contributed by atoms with E-state index in [0.717, 1.165) is 39.5 Å². The van der Waals surface area contributed by atoms with E-state index in [4.69, 9.17) is 4.99 Å². The van der Waals surface area contributed by atoms with Crippen LogP contribution in [0.5, 0.6) is 0 Å². The van der Waals surface area contributed by atoms with Gasteiger partial charge in [-0.25, -0.2) is 4.99 Å². The van der Waals surface area contributed by atoms with Gasteiger partial charge >= 0.3 is 0 Å². The van der Waals surface area contributed by atoms with Crippen LogP contribution >= 0.6 is 11.8 Å². The third-order valence-corrected chi connectivity index (χ3v) is 7.05. The van der Waals surface area contributed by atoms with Gasteiger partial charge < -0.3 is 10.6 Å². The number of para-hydroxylation sites is 1. The molecule has 0 fully saturated rings. The summed E-state index contributed by atoms with van der Waals surface area (Å²) in [6.07, 6.45) is 5.50. The fraction of sp³-hybridized carbons (Fsp3) is 0.314. The second-order valence-corrected chi connectivity index (χ2v) is 10.5. The van der Waals surface area contributed by atoms with E-state index in [0.29, 0.717) is 5.56 Å². The van der Waals surface area contributed by atoms with E-state index in [1.165, 1.54) is 31.5 Å². The maximum atomic E-state index is 13.3. The molecular formula is C35H45N3OS. The molecule has 5 heteroatoms. The molecule has 1 amide bonds. The summed E-state index contributed by atoms with van der Waals surface area (Å²) < 4.78 is 0. The number of amides is 1. The highest BCUT2D eigenvalue weighted by atomic mass is 32.2. The first kappa shape index (κ1) is 32.8. The zero-order valence-electron chi connectivity index (χ0n) is 25.0. The molecule has 40 heavy (non-hydrogen) atoms. The number of hydrogen-bond acceptors (Lipinski definition) is 4. The summed E-state index contributed by atoms with van der Waals surface area (Å²) in [5.41, 5.74) is 6.33. The van der Waals surface area contributed by atoms with E-state index in [-0.39, 0.29) is 5.91 Å². The summed E-state index contributed by atoms with van der Waals surface area (Å²) in [4.78, 5) is 18.1. The average molecular weight is 556 g/mol. The molecule has 0 aliphatic rings. The Labute approximate surface area is 246 Å². The predicted molar refractivity (Wildman–Crippen MR) is 178 cm³/mol. The average Bonchev–Trinajstić information content (AvgIpc) is 3.00. The first-order valence-corrected chi connectivity index (χ1v) is 15.1. The molecule has 0 aliphatic carbocycles. The van der Waals surface area contributed by atoms with E-state index in [9.17, 15) is 4.79 Å². The zero-order chi connectivity index (χ0) is 29.2. The standard InChI is InChI=1S/C29H30N2OS.C6H15N/c1-5-21(3)20-33-22(4)30-27(6-2)26-18-12-13-19-28(26)31-29(32)25-17-11-10-16-24(25)23-14-8-7-9-15-23;1-3-5-7-6-4-2/h6-20H,5H2,1-4H3,(H,31,32);7H,3-6H2,1-2H3/b21-20+,27-6-,30-22?;. The number of benzene rings is 3. The Hall–Kier alpha value is -3.41. The van der Waals surface area contributed by atoms with Crippen molar-refractivity contribution in [3.8, 4) is 11.1 Å². The Morgan fingerprint density at radius 1 is 0.825 bits per heavy atom. The van der Waals surface area contributed by atoms with Crippen molar-refractivity contribution in [1.82, 2.24) is 5.32 Å². The number of nitrogens with one attached hydrogen (secondary N) is 2. The Bertz CT molecular complexity index is 1270. The second-order valence-electron chi connectivity index (χ2n) is 9.40. The molecule has 0 spiro atoms. The van der Waals surface area contributed by atoms with Crippen LogP contribution in [-0.2, 0) is 0 Å². The van der Waals surface area contributed by atoms with Gasteiger partial charge in [0.15, 0.2) is 0 Å². The van der Waals surface area contributed by atoms with Crippen LogP contribution in [0.3, 0.4) is 0 Å². The summed E-state index contributed by atoms with van der Waals surface area (Å²) >= 11 is 1.62. The minimum atomic E-state index is -0.145. The second kappa shape index (κ2) is 18.8. The van der Waals surface area contributed by atoms with E-state index < -0.39 is 0 Å². The molecule has 0 radical (unpaired) electrons. The van der Waals surface area contributed by atoms with E-state index in [1.807, 2.05) is 98.8 Å². The van der Waals surface area contributed by atoms with Gasteiger partial charge in [0.1, 0.15) is 0 Å². The van der Waals surface area contributed by atoms with Crippen molar-refractivity contribution in [2.24, 2.45) is 4.99 Å². The molecule has 4 nitrogen and oxygen atoms in total. The number of anilines is 1. The molecule has 3 aromatic rings. The van der Waals surface area contributed by atoms with Crippen LogP contribution in [0.15, 0.2) is 101 Å². The van der Waals surface area contributed by atoms with Crippen molar-refractivity contribution in [3.05, 3.63) is 107 Å². The maximum absolute atomic E-state index is 13.3. The minimum Gasteiger partial charge on any atom is -0.321 e. The topological polar surface area (TPSA) is 53.5 Å². The van der Waals surface area contributed by atoms with Crippen LogP contribution < -0.4 is 10.6 Å². The monoisotopic (exact) mass is 555 g/mol. The molecular weight excluding hydrogens is 510 g/mol. The molecule has 0 saturated carbocycles. The number of hydrogen-bond donors (Lipinski definition) is 2. The molecule has 0 unspecified atom stereocenters. The molecule has 3 aromatic carbocycles. The van der Waals surface area contributed by atoms with Crippen molar-refractivity contribution in [2.45, 2.75) is 60.8 Å². The van der Waals surface area contributed by atoms with Gasteiger partial charge in [-0.3, -0.25) is 4.79 Å². The number of carbonyl (C=O) groups excluding carboxylic acids is 1. The summed E-state index contributed by atoms with van der Waals surface area (Å²) in [7, 11) is 0. The molecule has 0 heterocycles. The van der Waals surface area contributed by atoms with Crippen molar-refractivity contribution < 1.29 is 4.79 Å². The van der Waals surface area contributed by atoms with Gasteiger partial charge in [-0.05, 0) is 81.8 Å². The Kier molecular flexibility index (Phi) is 15.4. The summed E-state index contributed by atoms with van der Waals surface area (Å²) in [5, 5.41) is 9.49. The van der Waals surface area contributed by atoms with Gasteiger partial charge in [-0.2, -0.15) is 0 Å². The third-order valence-electron chi connectivity index (χ3n) is 6.10. The highest BCUT2D eigenvalue weighted by Gasteiger charge is 2.15. The SMILES string of the molecule is C/C=C(\N=C(C)S/C=C(\C)CC)c1ccccc1NC(=O)c1ccccc1-c1ccccc1.CCCNCCC. The van der Waals surface area contributed by atoms with Crippen molar-refractivity contribution in [1.29, 1.82) is 0 Å². The molecule has 3 rings (SSSR count). The Morgan fingerprint density at radius 3 is 2.05 bits per heavy atom. The largest absolute Gasteiger partial charge is 0.321 e. The molecule has 2 N–H and O–H groups in total. The maximum Gasteiger partial charge on any atom is 0.256 e. The predicted octanol–water partition coefficient (Wildman–Crippen LogP) is 9.83. The quantitative estimate of drug-likeness (QED) is 0.141. The highest BCUT2D eigenvalue weighted by molar-refractivity contribution is 8.16. The fourth-order valence-corrected chi connectivity index (χ4v) is 4.47. The first-order valence-electron chi connectivity index (χ1n) is 14.2. The van der Waals surface area contributed by atoms with Crippen molar-refractivity contribution >= 4 is 34.1 Å². The molecule has 0 saturated heterocycles. The van der Waals surface area contributed by atoms with Crippen LogP contribution in [0.4, 0.5) is 5.69 Å². The molecule has 0 bridgehead atoms. The zero-order valence-corrected chi connectivity index (χ0v) is 25.8. The minimum absolute atomic E-state index is 0.145. The van der Waals surface area contributed by atoms with Gasteiger partial charge in [-0.1, -0.05) is 111 Å². The van der Waals surface area contributed by atoms with Crippen LogP contribution in [0.1, 0.15) is 76.7 Å². The van der Waals surface area contributed by atoms with Gasteiger partial charge in [0.2, 0.25) is 0 Å². The van der Waals surface area contributed by atoms with Gasteiger partial charge in [0.25, 0.3) is 5.91 Å². The van der Waals surface area contributed by atoms with Crippen LogP contribution in [0.2, 0.25) is 0 Å². The van der Waals surface area contributed by atoms with Gasteiger partial charge in [-0.15, -0.1) is 0 Å². The molecule has 0 aliphatic heterocycles. The molecule has 0 atom stereocenters. The number of carbonyl (C=O) groups is 1. The smallest absolute Gasteiger partial charge is 0.256 e. The molecule has 0 aromatic heterocycles. The summed E-state index contributed by atoms with van der Waals surface area (Å²) in [6.45, 7) is 14.9. The van der Waals surface area contributed by atoms with E-state index in [2.05, 4.69) is 43.7 Å². The Balaban J connectivity index is 0.000000708. The number of rotatable bonds is 11. The number of thioether (sulfide) groups is 1. The highest BCUT2D eigenvalue weighted by Crippen LogP contribution is 2.29. The fourth-order valence-electron chi connectivity index (χ4n) is 3.78. The lowest BCUT2D eigenvalue weighted by Crippen LogP contribution is -2.14. The lowest BCUT2D eigenvalue weighted by molar-refractivity contribution is 0.102. The lowest BCUT2D eigenvalue weighted by atomic mass is 9.99. The first-order chi connectivity index (χ1) is 19.4. The Morgan fingerprint density at radius 2 is 1.43 bits per heavy atom. The number of allylic oxidation sites excluding steroid dienone is 2. The number of nitrogens with zero attached hydrogens (tertiary/aromatic N) is 1. The summed E-state index contributed by atoms with van der Waals surface area (Å²) in [6, 6.07) is 25.4. The van der Waals surface area contributed by atoms with E-state index >= 15 is 0 Å².